The molecular formula is C22H27NO4. The van der Waals surface area contributed by atoms with Gasteiger partial charge in [-0.05, 0) is 44.7 Å². The number of nitrogens with zero attached hydrogens (tertiary/aromatic N) is 1. The molecule has 2 unspecified atom stereocenters. The third-order valence-corrected chi connectivity index (χ3v) is 7.31. The number of allylic oxidation sites excluding steroid dienone is 1. The van der Waals surface area contributed by atoms with Gasteiger partial charge in [0.1, 0.15) is 0 Å². The minimum atomic E-state index is -0.941. The zero-order valence-electron chi connectivity index (χ0n) is 16.2. The number of rotatable bonds is 3. The van der Waals surface area contributed by atoms with Crippen LogP contribution < -0.4 is 9.47 Å². The number of carbonyl (C=O) groups excluding carboxylic acids is 1. The van der Waals surface area contributed by atoms with Crippen LogP contribution in [0.25, 0.3) is 0 Å². The maximum Gasteiger partial charge on any atom is 0.174 e. The summed E-state index contributed by atoms with van der Waals surface area (Å²) in [5, 5.41) is 12.1. The molecule has 2 fully saturated rings. The fourth-order valence-corrected chi connectivity index (χ4v) is 6.08. The maximum absolute atomic E-state index is 12.9. The van der Waals surface area contributed by atoms with E-state index in [0.717, 1.165) is 31.5 Å². The van der Waals surface area contributed by atoms with Gasteiger partial charge in [-0.2, -0.15) is 0 Å². The smallest absolute Gasteiger partial charge is 0.174 e. The van der Waals surface area contributed by atoms with E-state index in [4.69, 9.17) is 9.47 Å². The Hall–Kier alpha value is -1.85. The Kier molecular flexibility index (Phi) is 3.57. The Morgan fingerprint density at radius 2 is 2.22 bits per heavy atom. The average Bonchev–Trinajstić information content (AvgIpc) is 2.99. The number of likely N-dealkylation sites (tertiary alicyclic amines) is 1. The summed E-state index contributed by atoms with van der Waals surface area (Å²) in [6, 6.07) is 4.04. The van der Waals surface area contributed by atoms with Gasteiger partial charge in [0.05, 0.1) is 18.1 Å². The maximum atomic E-state index is 12.9. The molecule has 2 aliphatic heterocycles. The molecule has 2 bridgehead atoms. The zero-order chi connectivity index (χ0) is 19.0. The topological polar surface area (TPSA) is 59.0 Å². The molecule has 2 heterocycles. The predicted octanol–water partition coefficient (Wildman–Crippen LogP) is 2.38. The molecule has 1 aromatic rings. The standard InChI is InChI=1S/C22H27NO4/c1-13(2)7-10-23-11-9-21-18-14-4-5-16(26-3)19(18)27-20(21)15(24)6-8-22(21,25)17(23)12-14/h4-5,7,17,20,25H,6,8-12H2,1-3H3/t17-,20?,21+,22?/m0/s1. The van der Waals surface area contributed by atoms with E-state index in [1.165, 1.54) is 11.1 Å². The molecule has 27 heavy (non-hydrogen) atoms. The summed E-state index contributed by atoms with van der Waals surface area (Å²) >= 11 is 0. The van der Waals surface area contributed by atoms with Crippen molar-refractivity contribution >= 4 is 5.78 Å². The summed E-state index contributed by atoms with van der Waals surface area (Å²) in [7, 11) is 1.63. The number of hydrogen-bond acceptors (Lipinski definition) is 5. The molecule has 5 nitrogen and oxygen atoms in total. The van der Waals surface area contributed by atoms with E-state index in [1.807, 2.05) is 6.07 Å². The Morgan fingerprint density at radius 1 is 1.41 bits per heavy atom. The largest absolute Gasteiger partial charge is 0.493 e. The Labute approximate surface area is 160 Å². The third kappa shape index (κ3) is 1.99. The monoisotopic (exact) mass is 369 g/mol. The summed E-state index contributed by atoms with van der Waals surface area (Å²) in [6.45, 7) is 5.91. The highest BCUT2D eigenvalue weighted by Gasteiger charge is 2.73. The fourth-order valence-electron chi connectivity index (χ4n) is 6.08. The molecule has 4 aliphatic rings. The number of carbonyl (C=O) groups is 1. The number of aliphatic hydroxyl groups is 1. The number of benzene rings is 1. The van der Waals surface area contributed by atoms with Gasteiger partial charge in [-0.15, -0.1) is 0 Å². The molecule has 1 spiro atoms. The van der Waals surface area contributed by atoms with Crippen molar-refractivity contribution in [2.45, 2.75) is 62.7 Å². The number of Topliss-reactive ketones (excluding diaryl/α,β-unsaturated/α-hetero) is 1. The molecular weight excluding hydrogens is 342 g/mol. The van der Waals surface area contributed by atoms with E-state index in [0.29, 0.717) is 24.3 Å². The van der Waals surface area contributed by atoms with Crippen LogP contribution in [0.2, 0.25) is 0 Å². The fraction of sp³-hybridized carbons (Fsp3) is 0.591. The molecule has 4 atom stereocenters. The minimum absolute atomic E-state index is 0.00731. The van der Waals surface area contributed by atoms with Crippen LogP contribution >= 0.6 is 0 Å². The van der Waals surface area contributed by atoms with Crippen LogP contribution in [0, 0.1) is 0 Å². The van der Waals surface area contributed by atoms with Gasteiger partial charge in [-0.25, -0.2) is 0 Å². The summed E-state index contributed by atoms with van der Waals surface area (Å²) in [5.74, 6) is 1.46. The van der Waals surface area contributed by atoms with Crippen molar-refractivity contribution in [3.63, 3.8) is 0 Å². The normalized spacial score (nSPS) is 36.1. The quantitative estimate of drug-likeness (QED) is 0.829. The summed E-state index contributed by atoms with van der Waals surface area (Å²) in [5.41, 5.74) is 1.95. The van der Waals surface area contributed by atoms with E-state index in [9.17, 15) is 9.90 Å². The first-order valence-corrected chi connectivity index (χ1v) is 9.92. The van der Waals surface area contributed by atoms with E-state index < -0.39 is 17.1 Å². The third-order valence-electron chi connectivity index (χ3n) is 7.31. The van der Waals surface area contributed by atoms with Gasteiger partial charge in [-0.3, -0.25) is 9.69 Å². The second-order valence-electron chi connectivity index (χ2n) is 8.74. The number of piperidine rings is 1. The highest BCUT2D eigenvalue weighted by Crippen LogP contribution is 2.64. The highest BCUT2D eigenvalue weighted by atomic mass is 16.5. The number of ketones is 1. The number of methoxy groups -OCH3 is 1. The van der Waals surface area contributed by atoms with Crippen LogP contribution in [0.5, 0.6) is 11.5 Å². The van der Waals surface area contributed by atoms with Crippen LogP contribution in [-0.4, -0.2) is 53.7 Å². The van der Waals surface area contributed by atoms with Gasteiger partial charge >= 0.3 is 0 Å². The van der Waals surface area contributed by atoms with Crippen LogP contribution in [-0.2, 0) is 16.6 Å². The second-order valence-corrected chi connectivity index (χ2v) is 8.74. The molecule has 5 rings (SSSR count). The van der Waals surface area contributed by atoms with Crippen LogP contribution in [0.1, 0.15) is 44.2 Å². The molecule has 1 aromatic carbocycles. The molecule has 0 amide bonds. The van der Waals surface area contributed by atoms with Crippen molar-refractivity contribution in [3.05, 3.63) is 34.9 Å². The van der Waals surface area contributed by atoms with Crippen molar-refractivity contribution in [1.29, 1.82) is 0 Å². The summed E-state index contributed by atoms with van der Waals surface area (Å²) in [4.78, 5) is 15.3. The molecule has 0 aromatic heterocycles. The van der Waals surface area contributed by atoms with Gasteiger partial charge in [0.15, 0.2) is 23.4 Å². The first-order valence-electron chi connectivity index (χ1n) is 9.92. The highest BCUT2D eigenvalue weighted by molar-refractivity contribution is 5.90. The lowest BCUT2D eigenvalue weighted by Crippen LogP contribution is -2.76. The Morgan fingerprint density at radius 3 is 2.96 bits per heavy atom. The van der Waals surface area contributed by atoms with Gasteiger partial charge in [0.2, 0.25) is 0 Å². The van der Waals surface area contributed by atoms with Gasteiger partial charge in [0.25, 0.3) is 0 Å². The van der Waals surface area contributed by atoms with Gasteiger partial charge in [0, 0.05) is 31.1 Å². The molecule has 1 saturated heterocycles. The van der Waals surface area contributed by atoms with Crippen molar-refractivity contribution in [1.82, 2.24) is 4.90 Å². The molecule has 5 heteroatoms. The number of ether oxygens (including phenoxy) is 2. The first kappa shape index (κ1) is 17.3. The Balaban J connectivity index is 1.71. The lowest BCUT2D eigenvalue weighted by Gasteiger charge is -2.62. The number of hydrogen-bond donors (Lipinski definition) is 1. The summed E-state index contributed by atoms with van der Waals surface area (Å²) < 4.78 is 11.8. The second kappa shape index (κ2) is 5.58. The van der Waals surface area contributed by atoms with E-state index >= 15 is 0 Å². The lowest BCUT2D eigenvalue weighted by molar-refractivity contribution is -0.187. The molecule has 1 saturated carbocycles. The molecule has 1 N–H and O–H groups in total. The van der Waals surface area contributed by atoms with Crippen LogP contribution in [0.15, 0.2) is 23.8 Å². The van der Waals surface area contributed by atoms with Crippen LogP contribution in [0.3, 0.4) is 0 Å². The lowest BCUT2D eigenvalue weighted by atomic mass is 9.49. The van der Waals surface area contributed by atoms with E-state index in [2.05, 4.69) is 30.9 Å². The summed E-state index contributed by atoms with van der Waals surface area (Å²) in [6.07, 6.45) is 4.05. The first-order chi connectivity index (χ1) is 12.9. The zero-order valence-corrected chi connectivity index (χ0v) is 16.2. The van der Waals surface area contributed by atoms with Crippen molar-refractivity contribution in [2.75, 3.05) is 20.2 Å². The Bertz CT molecular complexity index is 858. The predicted molar refractivity (Wildman–Crippen MR) is 101 cm³/mol. The molecule has 144 valence electrons. The van der Waals surface area contributed by atoms with Gasteiger partial charge in [-0.1, -0.05) is 17.7 Å². The van der Waals surface area contributed by atoms with Crippen molar-refractivity contribution < 1.29 is 19.4 Å². The average molecular weight is 369 g/mol. The SMILES string of the molecule is COc1ccc2c3c1OC1C(=O)CCC4(O)[C@H](C2)N(CC=C(C)C)CC[C@@]314. The van der Waals surface area contributed by atoms with E-state index in [-0.39, 0.29) is 11.8 Å². The molecule has 0 radical (unpaired) electrons. The molecule has 2 aliphatic carbocycles. The minimum Gasteiger partial charge on any atom is -0.493 e. The van der Waals surface area contributed by atoms with E-state index in [1.54, 1.807) is 7.11 Å². The van der Waals surface area contributed by atoms with Crippen molar-refractivity contribution in [2.24, 2.45) is 0 Å². The van der Waals surface area contributed by atoms with Crippen LogP contribution in [0.4, 0.5) is 0 Å². The van der Waals surface area contributed by atoms with Gasteiger partial charge < -0.3 is 14.6 Å². The van der Waals surface area contributed by atoms with Crippen molar-refractivity contribution in [3.8, 4) is 11.5 Å².